The van der Waals surface area contributed by atoms with Crippen LogP contribution in [-0.4, -0.2) is 0 Å². The summed E-state index contributed by atoms with van der Waals surface area (Å²) < 4.78 is 1.29. The summed E-state index contributed by atoms with van der Waals surface area (Å²) >= 11 is 2.36. The lowest BCUT2D eigenvalue weighted by Crippen LogP contribution is -2.10. The van der Waals surface area contributed by atoms with Crippen molar-refractivity contribution in [1.82, 2.24) is 0 Å². The van der Waals surface area contributed by atoms with Gasteiger partial charge in [-0.1, -0.05) is 50.1 Å². The lowest BCUT2D eigenvalue weighted by molar-refractivity contribution is 0.348. The van der Waals surface area contributed by atoms with E-state index in [1.54, 1.807) is 5.56 Å². The van der Waals surface area contributed by atoms with Crippen molar-refractivity contribution in [1.29, 1.82) is 0 Å². The zero-order chi connectivity index (χ0) is 14.8. The summed E-state index contributed by atoms with van der Waals surface area (Å²) in [6.07, 6.45) is 5.51. The Morgan fingerprint density at radius 2 is 1.57 bits per heavy atom. The standard InChI is InChI=1S/C20H23I/c1-14-3-5-16(6-4-14)18-9-12-20(15(2)13-18)17-7-10-19(21)11-8-17/h7-14,16H,3-6H2,1-2H3. The second-order valence-electron chi connectivity index (χ2n) is 6.54. The average molecular weight is 390 g/mol. The van der Waals surface area contributed by atoms with Crippen molar-refractivity contribution < 1.29 is 0 Å². The maximum absolute atomic E-state index is 2.42. The summed E-state index contributed by atoms with van der Waals surface area (Å²) in [4.78, 5) is 0. The van der Waals surface area contributed by atoms with Gasteiger partial charge in [0.1, 0.15) is 0 Å². The predicted octanol–water partition coefficient (Wildman–Crippen LogP) is 6.56. The molecule has 0 nitrogen and oxygen atoms in total. The van der Waals surface area contributed by atoms with Crippen LogP contribution in [0.25, 0.3) is 11.1 Å². The van der Waals surface area contributed by atoms with E-state index >= 15 is 0 Å². The molecule has 0 bridgehead atoms. The molecule has 0 saturated heterocycles. The molecule has 21 heavy (non-hydrogen) atoms. The number of hydrogen-bond donors (Lipinski definition) is 0. The fourth-order valence-electron chi connectivity index (χ4n) is 3.49. The fraction of sp³-hybridized carbons (Fsp3) is 0.400. The van der Waals surface area contributed by atoms with Crippen molar-refractivity contribution in [3.8, 4) is 11.1 Å². The van der Waals surface area contributed by atoms with Crippen LogP contribution in [0, 0.1) is 16.4 Å². The Morgan fingerprint density at radius 3 is 2.19 bits per heavy atom. The molecule has 1 fully saturated rings. The van der Waals surface area contributed by atoms with Crippen LogP contribution in [0.1, 0.15) is 49.7 Å². The van der Waals surface area contributed by atoms with Crippen LogP contribution in [0.2, 0.25) is 0 Å². The van der Waals surface area contributed by atoms with Crippen molar-refractivity contribution in [3.63, 3.8) is 0 Å². The smallest absolute Gasteiger partial charge is 0.0130 e. The first kappa shape index (κ1) is 15.1. The monoisotopic (exact) mass is 390 g/mol. The van der Waals surface area contributed by atoms with Gasteiger partial charge in [-0.05, 0) is 88.6 Å². The Bertz CT molecular complexity index is 604. The Morgan fingerprint density at radius 1 is 0.905 bits per heavy atom. The van der Waals surface area contributed by atoms with Crippen LogP contribution in [0.15, 0.2) is 42.5 Å². The largest absolute Gasteiger partial charge is 0.0625 e. The molecule has 0 unspecified atom stereocenters. The zero-order valence-electron chi connectivity index (χ0n) is 12.9. The number of rotatable bonds is 2. The molecule has 0 radical (unpaired) electrons. The van der Waals surface area contributed by atoms with E-state index in [-0.39, 0.29) is 0 Å². The highest BCUT2D eigenvalue weighted by atomic mass is 127. The van der Waals surface area contributed by atoms with E-state index < -0.39 is 0 Å². The molecule has 0 N–H and O–H groups in total. The Hall–Kier alpha value is -0.830. The van der Waals surface area contributed by atoms with Gasteiger partial charge in [-0.2, -0.15) is 0 Å². The number of halogens is 1. The average Bonchev–Trinajstić information content (AvgIpc) is 2.49. The Balaban J connectivity index is 1.84. The van der Waals surface area contributed by atoms with Crippen LogP contribution in [0.5, 0.6) is 0 Å². The molecule has 1 saturated carbocycles. The van der Waals surface area contributed by atoms with E-state index in [9.17, 15) is 0 Å². The first-order valence-corrected chi connectivity index (χ1v) is 9.08. The van der Waals surface area contributed by atoms with Gasteiger partial charge in [-0.3, -0.25) is 0 Å². The Labute approximate surface area is 142 Å². The predicted molar refractivity (Wildman–Crippen MR) is 99.7 cm³/mol. The molecule has 0 spiro atoms. The van der Waals surface area contributed by atoms with Crippen LogP contribution >= 0.6 is 22.6 Å². The maximum atomic E-state index is 2.42. The molecule has 1 aliphatic rings. The third kappa shape index (κ3) is 3.50. The second-order valence-corrected chi connectivity index (χ2v) is 7.78. The second kappa shape index (κ2) is 6.51. The quantitative estimate of drug-likeness (QED) is 0.510. The Kier molecular flexibility index (Phi) is 4.68. The summed E-state index contributed by atoms with van der Waals surface area (Å²) in [7, 11) is 0. The number of aryl methyl sites for hydroxylation is 1. The number of hydrogen-bond acceptors (Lipinski definition) is 0. The highest BCUT2D eigenvalue weighted by molar-refractivity contribution is 14.1. The zero-order valence-corrected chi connectivity index (χ0v) is 15.1. The van der Waals surface area contributed by atoms with Crippen molar-refractivity contribution in [2.45, 2.75) is 45.4 Å². The highest BCUT2D eigenvalue weighted by Crippen LogP contribution is 2.37. The molecule has 0 aromatic heterocycles. The van der Waals surface area contributed by atoms with Gasteiger partial charge in [0.2, 0.25) is 0 Å². The fourth-order valence-corrected chi connectivity index (χ4v) is 3.85. The molecular weight excluding hydrogens is 367 g/mol. The third-order valence-corrected chi connectivity index (χ3v) is 5.61. The highest BCUT2D eigenvalue weighted by Gasteiger charge is 2.20. The van der Waals surface area contributed by atoms with Gasteiger partial charge >= 0.3 is 0 Å². The molecule has 2 aromatic rings. The lowest BCUT2D eigenvalue weighted by Gasteiger charge is -2.27. The molecule has 110 valence electrons. The molecule has 1 heteroatoms. The number of benzene rings is 2. The summed E-state index contributed by atoms with van der Waals surface area (Å²) in [6, 6.07) is 15.9. The molecule has 3 rings (SSSR count). The van der Waals surface area contributed by atoms with Crippen LogP contribution in [0.4, 0.5) is 0 Å². The minimum Gasteiger partial charge on any atom is -0.0625 e. The lowest BCUT2D eigenvalue weighted by atomic mass is 9.79. The van der Waals surface area contributed by atoms with E-state index in [1.165, 1.54) is 45.9 Å². The van der Waals surface area contributed by atoms with Gasteiger partial charge in [0.05, 0.1) is 0 Å². The van der Waals surface area contributed by atoms with E-state index in [4.69, 9.17) is 0 Å². The molecule has 2 aromatic carbocycles. The molecule has 0 atom stereocenters. The normalized spacial score (nSPS) is 22.2. The maximum Gasteiger partial charge on any atom is 0.0130 e. The molecule has 0 amide bonds. The van der Waals surface area contributed by atoms with Crippen LogP contribution in [0.3, 0.4) is 0 Å². The molecule has 1 aliphatic carbocycles. The summed E-state index contributed by atoms with van der Waals surface area (Å²) in [5, 5.41) is 0. The minimum absolute atomic E-state index is 0.783. The minimum atomic E-state index is 0.783. The van der Waals surface area contributed by atoms with E-state index in [1.807, 2.05) is 0 Å². The summed E-state index contributed by atoms with van der Waals surface area (Å²) in [6.45, 7) is 4.64. The van der Waals surface area contributed by atoms with E-state index in [0.717, 1.165) is 11.8 Å². The molecule has 0 heterocycles. The molecular formula is C20H23I. The third-order valence-electron chi connectivity index (χ3n) is 4.89. The van der Waals surface area contributed by atoms with E-state index in [0.29, 0.717) is 0 Å². The topological polar surface area (TPSA) is 0 Å². The van der Waals surface area contributed by atoms with Crippen molar-refractivity contribution in [2.75, 3.05) is 0 Å². The van der Waals surface area contributed by atoms with Gasteiger partial charge in [0, 0.05) is 3.57 Å². The van der Waals surface area contributed by atoms with Crippen molar-refractivity contribution in [2.24, 2.45) is 5.92 Å². The van der Waals surface area contributed by atoms with Gasteiger partial charge in [0.15, 0.2) is 0 Å². The summed E-state index contributed by atoms with van der Waals surface area (Å²) in [5.74, 6) is 1.71. The van der Waals surface area contributed by atoms with Crippen molar-refractivity contribution in [3.05, 3.63) is 57.2 Å². The first-order chi connectivity index (χ1) is 10.1. The SMILES string of the molecule is Cc1cc(C2CCC(C)CC2)ccc1-c1ccc(I)cc1. The van der Waals surface area contributed by atoms with Crippen LogP contribution < -0.4 is 0 Å². The van der Waals surface area contributed by atoms with Gasteiger partial charge in [0.25, 0.3) is 0 Å². The van der Waals surface area contributed by atoms with Crippen molar-refractivity contribution >= 4 is 22.6 Å². The van der Waals surface area contributed by atoms with Gasteiger partial charge in [-0.15, -0.1) is 0 Å². The molecule has 0 aliphatic heterocycles. The van der Waals surface area contributed by atoms with Crippen LogP contribution in [-0.2, 0) is 0 Å². The summed E-state index contributed by atoms with van der Waals surface area (Å²) in [5.41, 5.74) is 5.66. The first-order valence-electron chi connectivity index (χ1n) is 8.00. The van der Waals surface area contributed by atoms with E-state index in [2.05, 4.69) is 78.9 Å². The van der Waals surface area contributed by atoms with Gasteiger partial charge in [-0.25, -0.2) is 0 Å². The van der Waals surface area contributed by atoms with Gasteiger partial charge < -0.3 is 0 Å².